The number of aromatic hydroxyl groups is 1. The summed E-state index contributed by atoms with van der Waals surface area (Å²) < 4.78 is 0. The van der Waals surface area contributed by atoms with Crippen molar-refractivity contribution in [1.29, 1.82) is 0 Å². The molecule has 4 nitrogen and oxygen atoms in total. The van der Waals surface area contributed by atoms with Crippen LogP contribution in [-0.2, 0) is 5.54 Å². The van der Waals surface area contributed by atoms with E-state index in [0.29, 0.717) is 5.92 Å². The molecule has 18 heavy (non-hydrogen) atoms. The number of fused-ring (bicyclic) bond motifs is 1. The van der Waals surface area contributed by atoms with Crippen LogP contribution in [0.2, 0.25) is 0 Å². The number of phenols is 1. The van der Waals surface area contributed by atoms with Crippen molar-refractivity contribution in [2.75, 3.05) is 0 Å². The number of rotatable bonds is 1. The van der Waals surface area contributed by atoms with Crippen LogP contribution < -0.4 is 5.73 Å². The number of aromatic amines is 1. The molecule has 0 aliphatic heterocycles. The number of benzene rings is 1. The summed E-state index contributed by atoms with van der Waals surface area (Å²) in [5.74, 6) is 1.75. The Labute approximate surface area is 106 Å². The highest BCUT2D eigenvalue weighted by Crippen LogP contribution is 2.37. The molecule has 96 valence electrons. The summed E-state index contributed by atoms with van der Waals surface area (Å²) in [6.07, 6.45) is 4.35. The molecule has 0 amide bonds. The van der Waals surface area contributed by atoms with Crippen molar-refractivity contribution in [2.24, 2.45) is 11.7 Å². The Hall–Kier alpha value is -1.55. The molecule has 1 heterocycles. The largest absolute Gasteiger partial charge is 0.508 e. The van der Waals surface area contributed by atoms with Crippen LogP contribution in [-0.4, -0.2) is 15.1 Å². The Balaban J connectivity index is 2.03. The van der Waals surface area contributed by atoms with E-state index < -0.39 is 0 Å². The monoisotopic (exact) mass is 245 g/mol. The zero-order valence-corrected chi connectivity index (χ0v) is 10.6. The van der Waals surface area contributed by atoms with Gasteiger partial charge in [-0.2, -0.15) is 0 Å². The fourth-order valence-corrected chi connectivity index (χ4v) is 3.04. The van der Waals surface area contributed by atoms with Crippen LogP contribution in [0, 0.1) is 5.92 Å². The predicted octanol–water partition coefficient (Wildman–Crippen LogP) is 2.63. The van der Waals surface area contributed by atoms with E-state index in [1.807, 2.05) is 6.07 Å². The Morgan fingerprint density at radius 2 is 2.33 bits per heavy atom. The number of nitrogens with two attached hydrogens (primary N) is 1. The van der Waals surface area contributed by atoms with E-state index in [4.69, 9.17) is 5.73 Å². The Morgan fingerprint density at radius 3 is 3.11 bits per heavy atom. The maximum absolute atomic E-state index is 9.48. The van der Waals surface area contributed by atoms with Crippen molar-refractivity contribution in [3.63, 3.8) is 0 Å². The van der Waals surface area contributed by atoms with Crippen LogP contribution >= 0.6 is 0 Å². The Kier molecular flexibility index (Phi) is 2.55. The van der Waals surface area contributed by atoms with Gasteiger partial charge in [-0.3, -0.25) is 0 Å². The number of nitrogens with zero attached hydrogens (tertiary/aromatic N) is 1. The van der Waals surface area contributed by atoms with E-state index in [9.17, 15) is 5.11 Å². The first-order chi connectivity index (χ1) is 8.57. The molecule has 4 heteroatoms. The predicted molar refractivity (Wildman–Crippen MR) is 71.3 cm³/mol. The summed E-state index contributed by atoms with van der Waals surface area (Å²) >= 11 is 0. The lowest BCUT2D eigenvalue weighted by Gasteiger charge is -2.35. The van der Waals surface area contributed by atoms with Crippen molar-refractivity contribution < 1.29 is 5.11 Å². The summed E-state index contributed by atoms with van der Waals surface area (Å²) in [4.78, 5) is 7.86. The van der Waals surface area contributed by atoms with Gasteiger partial charge < -0.3 is 15.8 Å². The van der Waals surface area contributed by atoms with Crippen molar-refractivity contribution in [2.45, 2.75) is 38.1 Å². The van der Waals surface area contributed by atoms with Gasteiger partial charge in [0, 0.05) is 6.07 Å². The summed E-state index contributed by atoms with van der Waals surface area (Å²) in [5, 5.41) is 9.48. The zero-order valence-electron chi connectivity index (χ0n) is 10.6. The first-order valence-electron chi connectivity index (χ1n) is 6.55. The van der Waals surface area contributed by atoms with Gasteiger partial charge in [-0.05, 0) is 30.9 Å². The molecular weight excluding hydrogens is 226 g/mol. The van der Waals surface area contributed by atoms with Gasteiger partial charge in [0.25, 0.3) is 0 Å². The second kappa shape index (κ2) is 3.99. The molecule has 2 aromatic rings. The van der Waals surface area contributed by atoms with Gasteiger partial charge in [0.2, 0.25) is 0 Å². The molecule has 1 aliphatic carbocycles. The highest BCUT2D eigenvalue weighted by atomic mass is 16.3. The molecule has 1 saturated carbocycles. The van der Waals surface area contributed by atoms with Crippen LogP contribution in [0.5, 0.6) is 5.75 Å². The first kappa shape index (κ1) is 11.5. The number of hydrogen-bond donors (Lipinski definition) is 3. The maximum atomic E-state index is 9.48. The third-order valence-electron chi connectivity index (χ3n) is 3.97. The van der Waals surface area contributed by atoms with Gasteiger partial charge in [-0.15, -0.1) is 0 Å². The van der Waals surface area contributed by atoms with E-state index >= 15 is 0 Å². The van der Waals surface area contributed by atoms with Crippen molar-refractivity contribution in [1.82, 2.24) is 9.97 Å². The molecule has 1 aromatic heterocycles. The second-order valence-corrected chi connectivity index (χ2v) is 5.64. The van der Waals surface area contributed by atoms with Gasteiger partial charge in [-0.1, -0.05) is 19.8 Å². The minimum atomic E-state index is -0.341. The fraction of sp³-hybridized carbons (Fsp3) is 0.500. The summed E-state index contributed by atoms with van der Waals surface area (Å²) in [6, 6.07) is 5.17. The van der Waals surface area contributed by atoms with E-state index in [-0.39, 0.29) is 11.3 Å². The van der Waals surface area contributed by atoms with Crippen LogP contribution in [0.25, 0.3) is 11.0 Å². The van der Waals surface area contributed by atoms with Crippen LogP contribution in [0.1, 0.15) is 38.4 Å². The van der Waals surface area contributed by atoms with Crippen LogP contribution in [0.4, 0.5) is 0 Å². The Bertz CT molecular complexity index is 577. The average Bonchev–Trinajstić information content (AvgIpc) is 2.72. The Morgan fingerprint density at radius 1 is 1.50 bits per heavy atom. The first-order valence-corrected chi connectivity index (χ1v) is 6.55. The molecular formula is C14H19N3O. The minimum Gasteiger partial charge on any atom is -0.508 e. The van der Waals surface area contributed by atoms with Crippen molar-refractivity contribution in [3.05, 3.63) is 24.0 Å². The third-order valence-corrected chi connectivity index (χ3v) is 3.97. The SMILES string of the molecule is CC1CCCC(N)(c2nc3ccc(O)cc3[nH]2)C1. The highest BCUT2D eigenvalue weighted by molar-refractivity contribution is 5.76. The zero-order chi connectivity index (χ0) is 12.8. The lowest BCUT2D eigenvalue weighted by Crippen LogP contribution is -2.42. The normalized spacial score (nSPS) is 28.7. The van der Waals surface area contributed by atoms with Gasteiger partial charge >= 0.3 is 0 Å². The molecule has 0 radical (unpaired) electrons. The molecule has 1 aliphatic rings. The summed E-state index contributed by atoms with van der Waals surface area (Å²) in [5.41, 5.74) is 7.90. The molecule has 3 rings (SSSR count). The number of hydrogen-bond acceptors (Lipinski definition) is 3. The number of nitrogens with one attached hydrogen (secondary N) is 1. The van der Waals surface area contributed by atoms with E-state index in [2.05, 4.69) is 16.9 Å². The second-order valence-electron chi connectivity index (χ2n) is 5.64. The molecule has 2 atom stereocenters. The van der Waals surface area contributed by atoms with Gasteiger partial charge in [0.15, 0.2) is 0 Å². The van der Waals surface area contributed by atoms with Gasteiger partial charge in [0.1, 0.15) is 11.6 Å². The molecule has 0 spiro atoms. The van der Waals surface area contributed by atoms with Gasteiger partial charge in [0.05, 0.1) is 16.6 Å². The molecule has 1 fully saturated rings. The maximum Gasteiger partial charge on any atom is 0.127 e. The topological polar surface area (TPSA) is 74.9 Å². The minimum absolute atomic E-state index is 0.251. The highest BCUT2D eigenvalue weighted by Gasteiger charge is 2.35. The van der Waals surface area contributed by atoms with Crippen LogP contribution in [0.15, 0.2) is 18.2 Å². The molecule has 4 N–H and O–H groups in total. The van der Waals surface area contributed by atoms with E-state index in [1.165, 1.54) is 6.42 Å². The lowest BCUT2D eigenvalue weighted by molar-refractivity contribution is 0.230. The third kappa shape index (κ3) is 1.86. The smallest absolute Gasteiger partial charge is 0.127 e. The fourth-order valence-electron chi connectivity index (χ4n) is 3.04. The molecule has 2 unspecified atom stereocenters. The van der Waals surface area contributed by atoms with Crippen LogP contribution in [0.3, 0.4) is 0 Å². The number of H-pyrrole nitrogens is 1. The lowest BCUT2D eigenvalue weighted by atomic mass is 9.76. The number of imidazole rings is 1. The van der Waals surface area contributed by atoms with Crippen molar-refractivity contribution >= 4 is 11.0 Å². The molecule has 0 saturated heterocycles. The molecule has 0 bridgehead atoms. The summed E-state index contributed by atoms with van der Waals surface area (Å²) in [6.45, 7) is 2.25. The average molecular weight is 245 g/mol. The summed E-state index contributed by atoms with van der Waals surface area (Å²) in [7, 11) is 0. The standard InChI is InChI=1S/C14H19N3O/c1-9-3-2-6-14(15,8-9)13-16-11-5-4-10(18)7-12(11)17-13/h4-5,7,9,18H,2-3,6,8,15H2,1H3,(H,16,17). The quantitative estimate of drug-likeness (QED) is 0.723. The number of aromatic nitrogens is 2. The number of phenolic OH excluding ortho intramolecular Hbond substituents is 1. The van der Waals surface area contributed by atoms with E-state index in [0.717, 1.165) is 36.1 Å². The van der Waals surface area contributed by atoms with E-state index in [1.54, 1.807) is 12.1 Å². The van der Waals surface area contributed by atoms with Crippen molar-refractivity contribution in [3.8, 4) is 5.75 Å². The van der Waals surface area contributed by atoms with Gasteiger partial charge in [-0.25, -0.2) is 4.98 Å². The molecule has 1 aromatic carbocycles.